The lowest BCUT2D eigenvalue weighted by molar-refractivity contribution is 0.201. The van der Waals surface area contributed by atoms with Crippen LogP contribution in [0.5, 0.6) is 11.5 Å². The van der Waals surface area contributed by atoms with Crippen LogP contribution in [0, 0.1) is 0 Å². The average Bonchev–Trinajstić information content (AvgIpc) is 2.43. The number of phenolic OH excluding ortho intramolecular Hbond substituents is 1. The van der Waals surface area contributed by atoms with Crippen molar-refractivity contribution in [2.45, 2.75) is 5.92 Å². The first-order chi connectivity index (χ1) is 9.20. The highest BCUT2D eigenvalue weighted by Crippen LogP contribution is 2.26. The molecule has 0 fully saturated rings. The molecule has 0 bridgehead atoms. The van der Waals surface area contributed by atoms with Gasteiger partial charge in [-0.1, -0.05) is 35.9 Å². The molecule has 0 aliphatic carbocycles. The van der Waals surface area contributed by atoms with Crippen molar-refractivity contribution in [2.75, 3.05) is 13.2 Å². The van der Waals surface area contributed by atoms with Gasteiger partial charge in [-0.05, 0) is 29.8 Å². The van der Waals surface area contributed by atoms with Crippen molar-refractivity contribution in [1.82, 2.24) is 0 Å². The van der Waals surface area contributed by atoms with Crippen LogP contribution in [-0.4, -0.2) is 23.4 Å². The largest absolute Gasteiger partial charge is 0.504 e. The van der Waals surface area contributed by atoms with Crippen LogP contribution < -0.4 is 4.74 Å². The maximum absolute atomic E-state index is 9.60. The molecule has 3 nitrogen and oxygen atoms in total. The van der Waals surface area contributed by atoms with Crippen LogP contribution >= 0.6 is 11.6 Å². The molecule has 0 saturated carbocycles. The molecule has 1 unspecified atom stereocenters. The molecule has 0 radical (unpaired) electrons. The monoisotopic (exact) mass is 278 g/mol. The van der Waals surface area contributed by atoms with E-state index in [-0.39, 0.29) is 24.9 Å². The number of halogens is 1. The van der Waals surface area contributed by atoms with Crippen molar-refractivity contribution >= 4 is 11.6 Å². The van der Waals surface area contributed by atoms with Gasteiger partial charge in [0, 0.05) is 10.9 Å². The number of ether oxygens (including phenoxy) is 1. The van der Waals surface area contributed by atoms with Gasteiger partial charge in [0.25, 0.3) is 0 Å². The Morgan fingerprint density at radius 1 is 1.05 bits per heavy atom. The van der Waals surface area contributed by atoms with Gasteiger partial charge in [-0.15, -0.1) is 0 Å². The Balaban J connectivity index is 2.04. The summed E-state index contributed by atoms with van der Waals surface area (Å²) in [5, 5.41) is 19.7. The molecule has 0 amide bonds. The normalized spacial score (nSPS) is 12.1. The molecule has 0 saturated heterocycles. The van der Waals surface area contributed by atoms with Crippen LogP contribution in [0.25, 0.3) is 0 Å². The number of phenols is 1. The third kappa shape index (κ3) is 3.63. The molecule has 0 spiro atoms. The second kappa shape index (κ2) is 6.45. The van der Waals surface area contributed by atoms with Gasteiger partial charge in [0.15, 0.2) is 11.5 Å². The van der Waals surface area contributed by atoms with E-state index < -0.39 is 0 Å². The minimum Gasteiger partial charge on any atom is -0.504 e. The molecule has 19 heavy (non-hydrogen) atoms. The number of aliphatic hydroxyl groups excluding tert-OH is 1. The zero-order chi connectivity index (χ0) is 13.7. The quantitative estimate of drug-likeness (QED) is 0.883. The molecule has 2 N–H and O–H groups in total. The second-order valence-electron chi connectivity index (χ2n) is 4.21. The van der Waals surface area contributed by atoms with Crippen molar-refractivity contribution in [3.8, 4) is 11.5 Å². The Labute approximate surface area is 117 Å². The predicted octanol–water partition coefficient (Wildman–Crippen LogP) is 3.20. The van der Waals surface area contributed by atoms with Crippen LogP contribution in [0.2, 0.25) is 5.02 Å². The van der Waals surface area contributed by atoms with E-state index >= 15 is 0 Å². The fourth-order valence-corrected chi connectivity index (χ4v) is 1.88. The zero-order valence-corrected chi connectivity index (χ0v) is 11.0. The summed E-state index contributed by atoms with van der Waals surface area (Å²) >= 11 is 5.83. The van der Waals surface area contributed by atoms with Crippen molar-refractivity contribution < 1.29 is 14.9 Å². The minimum absolute atomic E-state index is 0.0325. The Morgan fingerprint density at radius 3 is 2.37 bits per heavy atom. The standard InChI is InChI=1S/C15H15ClO3/c16-13-7-5-11(6-8-13)12(9-17)10-19-15-4-2-1-3-14(15)18/h1-8,12,17-18H,9-10H2. The van der Waals surface area contributed by atoms with Gasteiger partial charge in [-0.3, -0.25) is 0 Å². The summed E-state index contributed by atoms with van der Waals surface area (Å²) in [6, 6.07) is 14.0. The molecule has 100 valence electrons. The summed E-state index contributed by atoms with van der Waals surface area (Å²) in [5.74, 6) is 0.349. The van der Waals surface area contributed by atoms with E-state index in [0.29, 0.717) is 10.8 Å². The highest BCUT2D eigenvalue weighted by molar-refractivity contribution is 6.30. The molecular formula is C15H15ClO3. The highest BCUT2D eigenvalue weighted by atomic mass is 35.5. The highest BCUT2D eigenvalue weighted by Gasteiger charge is 2.12. The molecule has 0 aromatic heterocycles. The van der Waals surface area contributed by atoms with E-state index in [1.54, 1.807) is 36.4 Å². The maximum Gasteiger partial charge on any atom is 0.160 e. The number of benzene rings is 2. The van der Waals surface area contributed by atoms with Crippen LogP contribution in [0.15, 0.2) is 48.5 Å². The molecule has 2 aromatic rings. The van der Waals surface area contributed by atoms with Gasteiger partial charge >= 0.3 is 0 Å². The molecule has 1 atom stereocenters. The van der Waals surface area contributed by atoms with E-state index in [0.717, 1.165) is 5.56 Å². The van der Waals surface area contributed by atoms with Gasteiger partial charge < -0.3 is 14.9 Å². The minimum atomic E-state index is -0.156. The van der Waals surface area contributed by atoms with E-state index in [1.165, 1.54) is 0 Å². The summed E-state index contributed by atoms with van der Waals surface area (Å²) in [5.41, 5.74) is 0.947. The first kappa shape index (κ1) is 13.7. The van der Waals surface area contributed by atoms with Crippen LogP contribution in [0.1, 0.15) is 11.5 Å². The molecule has 2 rings (SSSR count). The first-order valence-electron chi connectivity index (χ1n) is 5.98. The average molecular weight is 279 g/mol. The van der Waals surface area contributed by atoms with Gasteiger partial charge in [0.2, 0.25) is 0 Å². The lowest BCUT2D eigenvalue weighted by Gasteiger charge is -2.16. The molecule has 2 aromatic carbocycles. The van der Waals surface area contributed by atoms with Crippen molar-refractivity contribution in [3.05, 3.63) is 59.1 Å². The summed E-state index contributed by atoms with van der Waals surface area (Å²) in [7, 11) is 0. The van der Waals surface area contributed by atoms with Crippen LogP contribution in [0.3, 0.4) is 0 Å². The Hall–Kier alpha value is -1.71. The van der Waals surface area contributed by atoms with Crippen molar-refractivity contribution in [2.24, 2.45) is 0 Å². The third-order valence-corrected chi connectivity index (χ3v) is 3.12. The Morgan fingerprint density at radius 2 is 1.74 bits per heavy atom. The zero-order valence-electron chi connectivity index (χ0n) is 10.3. The number of aliphatic hydroxyl groups is 1. The fraction of sp³-hybridized carbons (Fsp3) is 0.200. The topological polar surface area (TPSA) is 49.7 Å². The van der Waals surface area contributed by atoms with Crippen LogP contribution in [-0.2, 0) is 0 Å². The van der Waals surface area contributed by atoms with Gasteiger partial charge in [-0.25, -0.2) is 0 Å². The number of para-hydroxylation sites is 2. The second-order valence-corrected chi connectivity index (χ2v) is 4.65. The van der Waals surface area contributed by atoms with Gasteiger partial charge in [0.1, 0.15) is 0 Å². The van der Waals surface area contributed by atoms with Crippen molar-refractivity contribution in [1.29, 1.82) is 0 Å². The van der Waals surface area contributed by atoms with E-state index in [2.05, 4.69) is 0 Å². The van der Waals surface area contributed by atoms with Crippen molar-refractivity contribution in [3.63, 3.8) is 0 Å². The fourth-order valence-electron chi connectivity index (χ4n) is 1.76. The molecule has 4 heteroatoms. The molecule has 0 aliphatic rings. The lowest BCUT2D eigenvalue weighted by Crippen LogP contribution is -2.14. The summed E-state index contributed by atoms with van der Waals surface area (Å²) in [4.78, 5) is 0. The SMILES string of the molecule is OCC(COc1ccccc1O)c1ccc(Cl)cc1. The van der Waals surface area contributed by atoms with E-state index in [4.69, 9.17) is 16.3 Å². The van der Waals surface area contributed by atoms with E-state index in [9.17, 15) is 10.2 Å². The summed E-state index contributed by atoms with van der Waals surface area (Å²) < 4.78 is 5.53. The van der Waals surface area contributed by atoms with E-state index in [1.807, 2.05) is 12.1 Å². The summed E-state index contributed by atoms with van der Waals surface area (Å²) in [6.07, 6.45) is 0. The number of rotatable bonds is 5. The number of aromatic hydroxyl groups is 1. The number of hydrogen-bond acceptors (Lipinski definition) is 3. The molecule has 0 heterocycles. The number of hydrogen-bond donors (Lipinski definition) is 2. The third-order valence-electron chi connectivity index (χ3n) is 2.87. The molecular weight excluding hydrogens is 264 g/mol. The Bertz CT molecular complexity index is 525. The van der Waals surface area contributed by atoms with Crippen LogP contribution in [0.4, 0.5) is 0 Å². The van der Waals surface area contributed by atoms with Gasteiger partial charge in [-0.2, -0.15) is 0 Å². The lowest BCUT2D eigenvalue weighted by atomic mass is 10.0. The first-order valence-corrected chi connectivity index (χ1v) is 6.35. The predicted molar refractivity (Wildman–Crippen MR) is 74.9 cm³/mol. The Kier molecular flexibility index (Phi) is 4.66. The molecule has 0 aliphatic heterocycles. The summed E-state index contributed by atoms with van der Waals surface area (Å²) in [6.45, 7) is 0.255. The van der Waals surface area contributed by atoms with Gasteiger partial charge in [0.05, 0.1) is 13.2 Å². The maximum atomic E-state index is 9.60. The smallest absolute Gasteiger partial charge is 0.160 e.